The molecule has 0 aliphatic carbocycles. The Morgan fingerprint density at radius 2 is 1.07 bits per heavy atom. The van der Waals surface area contributed by atoms with E-state index in [0.717, 1.165) is 0 Å². The second-order valence-electron chi connectivity index (χ2n) is 2.35. The summed E-state index contributed by atoms with van der Waals surface area (Å²) in [5.74, 6) is -9.96. The van der Waals surface area contributed by atoms with Crippen molar-refractivity contribution in [1.29, 1.82) is 0 Å². The molecule has 0 radical (unpaired) electrons. The molecule has 0 saturated carbocycles. The molecule has 1 aromatic rings. The number of rotatable bonds is 1. The van der Waals surface area contributed by atoms with Crippen molar-refractivity contribution < 1.29 is 22.0 Å². The van der Waals surface area contributed by atoms with E-state index in [-0.39, 0.29) is 0 Å². The molecule has 0 spiro atoms. The van der Waals surface area contributed by atoms with E-state index < -0.39 is 39.1 Å². The fourth-order valence-corrected chi connectivity index (χ4v) is 1.19. The lowest BCUT2D eigenvalue weighted by Crippen LogP contribution is -2.04. The molecule has 0 aromatic heterocycles. The lowest BCUT2D eigenvalue weighted by molar-refractivity contribution is 0.376. The van der Waals surface area contributed by atoms with Crippen LogP contribution < -0.4 is 0 Å². The van der Waals surface area contributed by atoms with Crippen LogP contribution in [0, 0.1) is 29.1 Å². The Hall–Kier alpha value is -0.910. The summed E-state index contributed by atoms with van der Waals surface area (Å²) >= 11 is 2.55. The van der Waals surface area contributed by atoms with Crippen LogP contribution in [0.25, 0.3) is 4.48 Å². The Bertz CT molecular complexity index is 384. The Morgan fingerprint density at radius 1 is 0.786 bits per heavy atom. The minimum absolute atomic E-state index is 0.412. The van der Waals surface area contributed by atoms with Crippen molar-refractivity contribution in [3.8, 4) is 0 Å². The van der Waals surface area contributed by atoms with Crippen molar-refractivity contribution in [2.75, 3.05) is 0 Å². The summed E-state index contributed by atoms with van der Waals surface area (Å²) in [6.45, 7) is 3.04. The number of benzene rings is 1. The van der Waals surface area contributed by atoms with Crippen molar-refractivity contribution in [2.24, 2.45) is 0 Å². The van der Waals surface area contributed by atoms with Gasteiger partial charge in [-0.05, 0) is 0 Å². The minimum atomic E-state index is -2.18. The van der Waals surface area contributed by atoms with Crippen molar-refractivity contribution in [3.05, 3.63) is 41.2 Å². The molecule has 6 heteroatoms. The average molecular weight is 273 g/mol. The molecule has 76 valence electrons. The highest BCUT2D eigenvalue weighted by molar-refractivity contribution is 9.15. The third kappa shape index (κ3) is 1.54. The van der Waals surface area contributed by atoms with Crippen molar-refractivity contribution in [3.63, 3.8) is 0 Å². The number of hydrogen-bond acceptors (Lipinski definition) is 0. The SMILES string of the molecule is C=C(Br)c1c(F)c(F)c(F)c(F)c1F. The van der Waals surface area contributed by atoms with Gasteiger partial charge in [0.15, 0.2) is 23.3 Å². The quantitative estimate of drug-likeness (QED) is 0.415. The van der Waals surface area contributed by atoms with Crippen LogP contribution in [-0.2, 0) is 0 Å². The first kappa shape index (κ1) is 11.2. The summed E-state index contributed by atoms with van der Waals surface area (Å²) in [6.07, 6.45) is 0. The van der Waals surface area contributed by atoms with Gasteiger partial charge in [0.2, 0.25) is 5.82 Å². The molecule has 1 rings (SSSR count). The molecule has 0 atom stereocenters. The largest absolute Gasteiger partial charge is 0.203 e. The first-order valence-electron chi connectivity index (χ1n) is 3.24. The van der Waals surface area contributed by atoms with E-state index in [4.69, 9.17) is 0 Å². The van der Waals surface area contributed by atoms with Gasteiger partial charge in [-0.2, -0.15) is 0 Å². The number of hydrogen-bond donors (Lipinski definition) is 0. The maximum absolute atomic E-state index is 12.8. The van der Waals surface area contributed by atoms with Crippen LogP contribution >= 0.6 is 15.9 Å². The van der Waals surface area contributed by atoms with E-state index in [1.54, 1.807) is 0 Å². The predicted octanol–water partition coefficient (Wildman–Crippen LogP) is 3.75. The molecule has 0 aliphatic rings. The molecule has 0 amide bonds. The maximum atomic E-state index is 12.8. The van der Waals surface area contributed by atoms with E-state index in [9.17, 15) is 22.0 Å². The molecule has 0 bridgehead atoms. The summed E-state index contributed by atoms with van der Waals surface area (Å²) in [5, 5.41) is 0. The summed E-state index contributed by atoms with van der Waals surface area (Å²) in [4.78, 5) is 0. The molecule has 0 fully saturated rings. The van der Waals surface area contributed by atoms with Crippen LogP contribution in [0.4, 0.5) is 22.0 Å². The molecule has 1 aromatic carbocycles. The molecule has 0 aliphatic heterocycles. The standard InChI is InChI=1S/C8H2BrF5/c1-2(9)3-4(10)6(12)8(14)7(13)5(3)11/h1H2. The van der Waals surface area contributed by atoms with E-state index in [1.165, 1.54) is 0 Å². The van der Waals surface area contributed by atoms with Crippen LogP contribution in [0.15, 0.2) is 6.58 Å². The monoisotopic (exact) mass is 272 g/mol. The maximum Gasteiger partial charge on any atom is 0.200 e. The zero-order chi connectivity index (χ0) is 11.0. The Morgan fingerprint density at radius 3 is 1.36 bits per heavy atom. The van der Waals surface area contributed by atoms with Crippen LogP contribution in [0.3, 0.4) is 0 Å². The molecular weight excluding hydrogens is 271 g/mol. The lowest BCUT2D eigenvalue weighted by Gasteiger charge is -2.05. The summed E-state index contributed by atoms with van der Waals surface area (Å²) < 4.78 is 62.8. The third-order valence-electron chi connectivity index (χ3n) is 1.48. The van der Waals surface area contributed by atoms with Crippen molar-refractivity contribution in [2.45, 2.75) is 0 Å². The van der Waals surface area contributed by atoms with Gasteiger partial charge in [-0.1, -0.05) is 22.5 Å². The minimum Gasteiger partial charge on any atom is -0.203 e. The predicted molar refractivity (Wildman–Crippen MR) is 44.2 cm³/mol. The fraction of sp³-hybridized carbons (Fsp3) is 0. The highest BCUT2D eigenvalue weighted by atomic mass is 79.9. The number of halogens is 6. The van der Waals surface area contributed by atoms with Crippen molar-refractivity contribution >= 4 is 20.4 Å². The molecule has 0 heterocycles. The normalized spacial score (nSPS) is 10.4. The van der Waals surface area contributed by atoms with Crippen LogP contribution in [0.1, 0.15) is 5.56 Å². The van der Waals surface area contributed by atoms with Gasteiger partial charge < -0.3 is 0 Å². The van der Waals surface area contributed by atoms with Gasteiger partial charge in [-0.3, -0.25) is 0 Å². The molecule has 0 nitrogen and oxygen atoms in total. The second-order valence-corrected chi connectivity index (χ2v) is 3.31. The molecule has 14 heavy (non-hydrogen) atoms. The zero-order valence-corrected chi connectivity index (χ0v) is 8.06. The van der Waals surface area contributed by atoms with E-state index >= 15 is 0 Å². The van der Waals surface area contributed by atoms with Gasteiger partial charge in [0.1, 0.15) is 0 Å². The fourth-order valence-electron chi connectivity index (χ4n) is 0.843. The zero-order valence-electron chi connectivity index (χ0n) is 6.47. The summed E-state index contributed by atoms with van der Waals surface area (Å²) in [5.41, 5.74) is -1.05. The summed E-state index contributed by atoms with van der Waals surface area (Å²) in [6, 6.07) is 0. The second kappa shape index (κ2) is 3.68. The Balaban J connectivity index is 3.68. The lowest BCUT2D eigenvalue weighted by atomic mass is 10.1. The first-order chi connectivity index (χ1) is 6.37. The van der Waals surface area contributed by atoms with Gasteiger partial charge in [0.05, 0.1) is 5.56 Å². The smallest absolute Gasteiger partial charge is 0.200 e. The van der Waals surface area contributed by atoms with Gasteiger partial charge in [0.25, 0.3) is 0 Å². The van der Waals surface area contributed by atoms with E-state index in [1.807, 2.05) is 0 Å². The van der Waals surface area contributed by atoms with E-state index in [2.05, 4.69) is 22.5 Å². The summed E-state index contributed by atoms with van der Waals surface area (Å²) in [7, 11) is 0. The van der Waals surface area contributed by atoms with Gasteiger partial charge in [-0.25, -0.2) is 22.0 Å². The van der Waals surface area contributed by atoms with Crippen LogP contribution in [0.2, 0.25) is 0 Å². The highest BCUT2D eigenvalue weighted by Gasteiger charge is 2.26. The average Bonchev–Trinajstić information content (AvgIpc) is 2.11. The van der Waals surface area contributed by atoms with Crippen LogP contribution in [-0.4, -0.2) is 0 Å². The molecule has 0 saturated heterocycles. The highest BCUT2D eigenvalue weighted by Crippen LogP contribution is 2.30. The van der Waals surface area contributed by atoms with Crippen LogP contribution in [0.5, 0.6) is 0 Å². The third-order valence-corrected chi connectivity index (χ3v) is 1.88. The van der Waals surface area contributed by atoms with Crippen molar-refractivity contribution in [1.82, 2.24) is 0 Å². The Labute approximate surface area is 84.2 Å². The topological polar surface area (TPSA) is 0 Å². The molecule has 0 N–H and O–H groups in total. The van der Waals surface area contributed by atoms with Gasteiger partial charge in [0, 0.05) is 4.48 Å². The van der Waals surface area contributed by atoms with E-state index in [0.29, 0.717) is 0 Å². The molecule has 0 unspecified atom stereocenters. The molecular formula is C8H2BrF5. The Kier molecular flexibility index (Phi) is 2.94. The van der Waals surface area contributed by atoms with Gasteiger partial charge in [-0.15, -0.1) is 0 Å². The van der Waals surface area contributed by atoms with Gasteiger partial charge >= 0.3 is 0 Å². The first-order valence-corrected chi connectivity index (χ1v) is 4.03.